The molecule has 1 aromatic rings. The van der Waals surface area contributed by atoms with Crippen LogP contribution in [0.5, 0.6) is 0 Å². The molecule has 5 N–H and O–H groups in total. The number of hydrogen-bond donors (Lipinski definition) is 4. The van der Waals surface area contributed by atoms with E-state index in [-0.39, 0.29) is 37.7 Å². The number of esters is 2. The predicted molar refractivity (Wildman–Crippen MR) is 183 cm³/mol. The quantitative estimate of drug-likeness (QED) is 0.0841. The fourth-order valence-corrected chi connectivity index (χ4v) is 6.04. The number of rotatable bonds is 21. The Morgan fingerprint density at radius 1 is 1.00 bits per heavy atom. The van der Waals surface area contributed by atoms with Crippen molar-refractivity contribution in [2.45, 2.75) is 109 Å². The summed E-state index contributed by atoms with van der Waals surface area (Å²) in [5.41, 5.74) is 5.39. The van der Waals surface area contributed by atoms with Crippen LogP contribution in [0.3, 0.4) is 0 Å². The van der Waals surface area contributed by atoms with Crippen molar-refractivity contribution in [3.05, 3.63) is 34.5 Å². The van der Waals surface area contributed by atoms with Crippen LogP contribution in [0.1, 0.15) is 94.7 Å². The van der Waals surface area contributed by atoms with E-state index in [1.807, 2.05) is 26.0 Å². The first-order valence-corrected chi connectivity index (χ1v) is 17.7. The monoisotopic (exact) mass is 705 g/mol. The smallest absolute Gasteiger partial charge is 0.328 e. The highest BCUT2D eigenvalue weighted by Crippen LogP contribution is 2.21. The van der Waals surface area contributed by atoms with E-state index in [0.717, 1.165) is 0 Å². The zero-order valence-corrected chi connectivity index (χ0v) is 29.7. The van der Waals surface area contributed by atoms with E-state index in [9.17, 15) is 33.6 Å². The van der Waals surface area contributed by atoms with Crippen molar-refractivity contribution in [1.29, 1.82) is 0 Å². The number of methoxy groups -OCH3 is 1. The number of allylic oxidation sites excluding steroid dienone is 2. The van der Waals surface area contributed by atoms with Crippen molar-refractivity contribution in [2.75, 3.05) is 20.3 Å². The van der Waals surface area contributed by atoms with E-state index in [4.69, 9.17) is 15.2 Å². The molecule has 2 heterocycles. The zero-order chi connectivity index (χ0) is 36.3. The molecule has 1 aromatic heterocycles. The summed E-state index contributed by atoms with van der Waals surface area (Å²) in [6.45, 7) is 6.11. The zero-order valence-electron chi connectivity index (χ0n) is 28.9. The number of likely N-dealkylation sites (tertiary alicyclic amines) is 1. The maximum atomic E-state index is 13.9. The number of hydrogen-bond acceptors (Lipinski definition) is 10. The lowest BCUT2D eigenvalue weighted by atomic mass is 10.0. The molecule has 15 heteroatoms. The molecule has 1 aliphatic rings. The molecule has 0 bridgehead atoms. The summed E-state index contributed by atoms with van der Waals surface area (Å²) in [5.74, 6) is -3.62. The van der Waals surface area contributed by atoms with Crippen LogP contribution in [-0.2, 0) is 38.2 Å². The highest BCUT2D eigenvalue weighted by molar-refractivity contribution is 7.12. The van der Waals surface area contributed by atoms with E-state index in [0.29, 0.717) is 56.4 Å². The van der Waals surface area contributed by atoms with Crippen molar-refractivity contribution in [1.82, 2.24) is 20.9 Å². The number of nitrogens with two attached hydrogens (primary N) is 1. The molecule has 0 radical (unpaired) electrons. The van der Waals surface area contributed by atoms with Gasteiger partial charge in [0.05, 0.1) is 18.6 Å². The summed E-state index contributed by atoms with van der Waals surface area (Å²) in [6.07, 6.45) is 6.76. The summed E-state index contributed by atoms with van der Waals surface area (Å²) in [7, 11) is 1.24. The third kappa shape index (κ3) is 14.4. The van der Waals surface area contributed by atoms with Gasteiger partial charge in [0.1, 0.15) is 24.2 Å². The topological polar surface area (TPSA) is 203 Å². The third-order valence-corrected chi connectivity index (χ3v) is 8.72. The van der Waals surface area contributed by atoms with Crippen LogP contribution in [0.25, 0.3) is 0 Å². The Bertz CT molecular complexity index is 1300. The van der Waals surface area contributed by atoms with Gasteiger partial charge < -0.3 is 36.1 Å². The van der Waals surface area contributed by atoms with Crippen LogP contribution in [0.4, 0.5) is 0 Å². The molecule has 4 atom stereocenters. The molecule has 0 aromatic carbocycles. The Morgan fingerprint density at radius 3 is 2.37 bits per heavy atom. The molecule has 0 saturated carbocycles. The summed E-state index contributed by atoms with van der Waals surface area (Å²) in [6, 6.07) is -0.687. The summed E-state index contributed by atoms with van der Waals surface area (Å²) in [4.78, 5) is 91.2. The number of unbranched alkanes of at least 4 members (excludes halogenated alkanes) is 1. The van der Waals surface area contributed by atoms with E-state index in [1.54, 1.807) is 24.4 Å². The van der Waals surface area contributed by atoms with E-state index in [1.165, 1.54) is 23.3 Å². The molecule has 0 spiro atoms. The number of thiophene rings is 1. The van der Waals surface area contributed by atoms with E-state index in [2.05, 4.69) is 16.0 Å². The molecule has 1 fully saturated rings. The third-order valence-electron chi connectivity index (χ3n) is 7.85. The number of nitrogens with one attached hydrogen (secondary N) is 3. The van der Waals surface area contributed by atoms with Crippen LogP contribution in [-0.4, -0.2) is 90.8 Å². The van der Waals surface area contributed by atoms with Gasteiger partial charge in [0.2, 0.25) is 23.6 Å². The molecule has 1 aliphatic heterocycles. The molecule has 1 saturated heterocycles. The van der Waals surface area contributed by atoms with Crippen molar-refractivity contribution < 1.29 is 43.0 Å². The highest BCUT2D eigenvalue weighted by atomic mass is 32.1. The van der Waals surface area contributed by atoms with Gasteiger partial charge in [-0.2, -0.15) is 0 Å². The first-order valence-electron chi connectivity index (χ1n) is 16.8. The van der Waals surface area contributed by atoms with Gasteiger partial charge >= 0.3 is 11.9 Å². The molecule has 49 heavy (non-hydrogen) atoms. The number of carbonyl (C=O) groups is 7. The molecular formula is C34H51N5O9S. The van der Waals surface area contributed by atoms with Gasteiger partial charge in [-0.3, -0.25) is 28.8 Å². The number of amides is 5. The Balaban J connectivity index is 2.18. The number of nitrogens with zero attached hydrogens (tertiary/aromatic N) is 1. The van der Waals surface area contributed by atoms with Crippen LogP contribution in [0.15, 0.2) is 29.7 Å². The average molecular weight is 706 g/mol. The SMILES string of the molecule is CCOC(=O)CCC/C=C\CC[C@H](NC(=O)c1cccs1)C(=O)N[C@@H](CCC(N)=O)C(=O)N1CCC[C@H]1C(=O)N[C@@H](CC(C)C)C(=O)OC. The number of primary amides is 1. The first-order chi connectivity index (χ1) is 23.4. The minimum atomic E-state index is -1.21. The van der Waals surface area contributed by atoms with Gasteiger partial charge in [-0.1, -0.05) is 32.1 Å². The van der Waals surface area contributed by atoms with Crippen LogP contribution in [0, 0.1) is 5.92 Å². The van der Waals surface area contributed by atoms with E-state index >= 15 is 0 Å². The molecule has 14 nitrogen and oxygen atoms in total. The molecule has 5 amide bonds. The van der Waals surface area contributed by atoms with Crippen LogP contribution in [0.2, 0.25) is 0 Å². The molecule has 0 aliphatic carbocycles. The van der Waals surface area contributed by atoms with Crippen LogP contribution < -0.4 is 21.7 Å². The molecular weight excluding hydrogens is 654 g/mol. The lowest BCUT2D eigenvalue weighted by Crippen LogP contribution is -2.57. The van der Waals surface area contributed by atoms with Crippen molar-refractivity contribution in [2.24, 2.45) is 11.7 Å². The summed E-state index contributed by atoms with van der Waals surface area (Å²) in [5, 5.41) is 9.91. The van der Waals surface area contributed by atoms with Gasteiger partial charge in [-0.25, -0.2) is 4.79 Å². The highest BCUT2D eigenvalue weighted by Gasteiger charge is 2.39. The first kappa shape index (κ1) is 40.9. The van der Waals surface area contributed by atoms with Gasteiger partial charge in [0.15, 0.2) is 0 Å². The molecule has 272 valence electrons. The summed E-state index contributed by atoms with van der Waals surface area (Å²) >= 11 is 1.21. The molecule has 0 unspecified atom stereocenters. The fourth-order valence-electron chi connectivity index (χ4n) is 5.42. The average Bonchev–Trinajstić information content (AvgIpc) is 3.78. The Morgan fingerprint density at radius 2 is 1.73 bits per heavy atom. The predicted octanol–water partition coefficient (Wildman–Crippen LogP) is 2.36. The minimum absolute atomic E-state index is 0.0826. The van der Waals surface area contributed by atoms with Crippen molar-refractivity contribution in [3.63, 3.8) is 0 Å². The number of carbonyl (C=O) groups excluding carboxylic acids is 7. The second kappa shape index (κ2) is 21.6. The van der Waals surface area contributed by atoms with Crippen molar-refractivity contribution >= 4 is 52.8 Å². The van der Waals surface area contributed by atoms with Crippen LogP contribution >= 0.6 is 11.3 Å². The fraction of sp³-hybridized carbons (Fsp3) is 0.618. The Labute approximate surface area is 291 Å². The lowest BCUT2D eigenvalue weighted by Gasteiger charge is -2.30. The van der Waals surface area contributed by atoms with Crippen molar-refractivity contribution in [3.8, 4) is 0 Å². The standard InChI is InChI=1S/C34H51N5O9S/c1-5-48-29(41)16-10-8-6-7-9-13-23(36-32(44)27-15-12-20-49-27)30(42)37-24(17-18-28(35)40)33(45)39-19-11-14-26(39)31(43)38-25(21-22(2)3)34(46)47-4/h6-7,12,15,20,22-26H,5,8-11,13-14,16-19,21H2,1-4H3,(H2,35,40)(H,36,44)(H,37,42)(H,38,43)/b7-6-/t23-,24-,25-,26-/m0/s1. The number of ether oxygens (including phenoxy) is 2. The lowest BCUT2D eigenvalue weighted by molar-refractivity contribution is -0.147. The normalized spacial score (nSPS) is 16.1. The van der Waals surface area contributed by atoms with Gasteiger partial charge in [-0.05, 0) is 75.7 Å². The van der Waals surface area contributed by atoms with Gasteiger partial charge in [0, 0.05) is 19.4 Å². The van der Waals surface area contributed by atoms with E-state index < -0.39 is 59.7 Å². The second-order valence-corrected chi connectivity index (χ2v) is 13.2. The largest absolute Gasteiger partial charge is 0.467 e. The maximum absolute atomic E-state index is 13.9. The summed E-state index contributed by atoms with van der Waals surface area (Å²) < 4.78 is 9.78. The minimum Gasteiger partial charge on any atom is -0.467 e. The molecule has 2 rings (SSSR count). The van der Waals surface area contributed by atoms with Gasteiger partial charge in [-0.15, -0.1) is 11.3 Å². The van der Waals surface area contributed by atoms with Gasteiger partial charge in [0.25, 0.3) is 5.91 Å². The Hall–Kier alpha value is -4.27. The maximum Gasteiger partial charge on any atom is 0.328 e. The Kier molecular flexibility index (Phi) is 18.1. The second-order valence-electron chi connectivity index (χ2n) is 12.2.